The molecule has 7 heteroatoms. The molecule has 0 aromatic heterocycles. The average Bonchev–Trinajstić information content (AvgIpc) is 3.28. The molecule has 2 heterocycles. The first kappa shape index (κ1) is 24.0. The van der Waals surface area contributed by atoms with E-state index < -0.39 is 0 Å². The van der Waals surface area contributed by atoms with E-state index in [1.807, 2.05) is 42.5 Å². The molecule has 0 spiro atoms. The van der Waals surface area contributed by atoms with E-state index in [4.69, 9.17) is 9.47 Å². The van der Waals surface area contributed by atoms with Gasteiger partial charge in [-0.3, -0.25) is 4.79 Å². The van der Waals surface area contributed by atoms with Crippen molar-refractivity contribution in [1.82, 2.24) is 4.90 Å². The number of aryl methyl sites for hydroxylation is 1. The number of hydrogen-bond donors (Lipinski definition) is 0. The molecular formula is C29H29N3O3S. The molecule has 1 fully saturated rings. The Kier molecular flexibility index (Phi) is 7.28. The highest BCUT2D eigenvalue weighted by Gasteiger charge is 2.28. The van der Waals surface area contributed by atoms with Gasteiger partial charge in [0, 0.05) is 31.9 Å². The molecule has 0 unspecified atom stereocenters. The Morgan fingerprint density at radius 1 is 0.917 bits per heavy atom. The summed E-state index contributed by atoms with van der Waals surface area (Å²) in [7, 11) is 1.68. The molecule has 0 N–H and O–H groups in total. The fourth-order valence-corrected chi connectivity index (χ4v) is 5.14. The summed E-state index contributed by atoms with van der Waals surface area (Å²) in [5, 5.41) is 0.785. The van der Waals surface area contributed by atoms with Crippen LogP contribution < -0.4 is 14.4 Å². The number of aliphatic imine (C=N–C) groups is 1. The van der Waals surface area contributed by atoms with Gasteiger partial charge in [0.25, 0.3) is 5.91 Å². The molecule has 0 aliphatic carbocycles. The van der Waals surface area contributed by atoms with Crippen molar-refractivity contribution in [3.63, 3.8) is 0 Å². The van der Waals surface area contributed by atoms with Crippen LogP contribution in [0.1, 0.15) is 16.7 Å². The number of piperazine rings is 1. The van der Waals surface area contributed by atoms with Gasteiger partial charge in [-0.25, -0.2) is 0 Å². The molecule has 0 saturated carbocycles. The molecule has 3 aromatic rings. The Bertz CT molecular complexity index is 1280. The maximum atomic E-state index is 12.6. The first-order chi connectivity index (χ1) is 17.6. The fourth-order valence-electron chi connectivity index (χ4n) is 4.18. The number of amides is 1. The van der Waals surface area contributed by atoms with E-state index in [0.717, 1.165) is 54.0 Å². The topological polar surface area (TPSA) is 54.4 Å². The molecule has 36 heavy (non-hydrogen) atoms. The number of carbonyl (C=O) groups excluding carboxylic acids is 1. The van der Waals surface area contributed by atoms with Gasteiger partial charge in [-0.15, -0.1) is 0 Å². The van der Waals surface area contributed by atoms with Crippen molar-refractivity contribution in [2.45, 2.75) is 13.5 Å². The Balaban J connectivity index is 1.17. The number of benzene rings is 3. The summed E-state index contributed by atoms with van der Waals surface area (Å²) in [6.45, 7) is 5.96. The van der Waals surface area contributed by atoms with Crippen LogP contribution in [0.25, 0.3) is 6.08 Å². The van der Waals surface area contributed by atoms with Gasteiger partial charge in [-0.2, -0.15) is 4.99 Å². The third-order valence-corrected chi connectivity index (χ3v) is 7.32. The van der Waals surface area contributed by atoms with E-state index in [1.54, 1.807) is 7.11 Å². The van der Waals surface area contributed by atoms with Crippen LogP contribution in [-0.2, 0) is 11.4 Å². The lowest BCUT2D eigenvalue weighted by atomic mass is 10.1. The first-order valence-electron chi connectivity index (χ1n) is 12.0. The number of anilines is 1. The van der Waals surface area contributed by atoms with Crippen molar-refractivity contribution in [3.8, 4) is 11.5 Å². The SMILES string of the molecule is COc1ccc(N2CCN(C3=NC(=O)/C(=C/c4cccc(OCc5ccc(C)cc5)c4)S3)CC2)cc1. The van der Waals surface area contributed by atoms with Gasteiger partial charge in [0.2, 0.25) is 0 Å². The van der Waals surface area contributed by atoms with Crippen molar-refractivity contribution in [3.05, 3.63) is 94.4 Å². The lowest BCUT2D eigenvalue weighted by Crippen LogP contribution is -2.47. The second kappa shape index (κ2) is 10.9. The summed E-state index contributed by atoms with van der Waals surface area (Å²) in [4.78, 5) is 22.2. The second-order valence-corrected chi connectivity index (χ2v) is 9.84. The van der Waals surface area contributed by atoms with E-state index in [9.17, 15) is 4.79 Å². The molecule has 0 radical (unpaired) electrons. The summed E-state index contributed by atoms with van der Waals surface area (Å²) in [6, 6.07) is 24.3. The van der Waals surface area contributed by atoms with Crippen LogP contribution in [0.5, 0.6) is 11.5 Å². The van der Waals surface area contributed by atoms with E-state index in [-0.39, 0.29) is 5.91 Å². The van der Waals surface area contributed by atoms with Gasteiger partial charge in [0.05, 0.1) is 12.0 Å². The van der Waals surface area contributed by atoms with Crippen molar-refractivity contribution in [2.75, 3.05) is 38.2 Å². The summed E-state index contributed by atoms with van der Waals surface area (Å²) in [6.07, 6.45) is 1.90. The number of carbonyl (C=O) groups is 1. The lowest BCUT2D eigenvalue weighted by Gasteiger charge is -2.36. The summed E-state index contributed by atoms with van der Waals surface area (Å²) in [5.41, 5.74) is 4.45. The molecule has 5 rings (SSSR count). The minimum Gasteiger partial charge on any atom is -0.497 e. The predicted molar refractivity (Wildman–Crippen MR) is 147 cm³/mol. The smallest absolute Gasteiger partial charge is 0.286 e. The van der Waals surface area contributed by atoms with E-state index in [0.29, 0.717) is 11.5 Å². The van der Waals surface area contributed by atoms with Crippen LogP contribution in [-0.4, -0.2) is 49.3 Å². The zero-order valence-electron chi connectivity index (χ0n) is 20.5. The van der Waals surface area contributed by atoms with Crippen molar-refractivity contribution in [1.29, 1.82) is 0 Å². The molecule has 0 bridgehead atoms. The summed E-state index contributed by atoms with van der Waals surface area (Å²) >= 11 is 1.45. The normalized spacial score (nSPS) is 16.9. The van der Waals surface area contributed by atoms with Crippen LogP contribution in [0.2, 0.25) is 0 Å². The Morgan fingerprint density at radius 3 is 2.36 bits per heavy atom. The summed E-state index contributed by atoms with van der Waals surface area (Å²) < 4.78 is 11.2. The van der Waals surface area contributed by atoms with Crippen molar-refractivity contribution in [2.24, 2.45) is 4.99 Å². The van der Waals surface area contributed by atoms with Crippen LogP contribution in [0.4, 0.5) is 5.69 Å². The van der Waals surface area contributed by atoms with Gasteiger partial charge in [-0.05, 0) is 72.3 Å². The molecule has 0 atom stereocenters. The molecule has 184 valence electrons. The molecule has 2 aliphatic rings. The number of amidine groups is 1. The highest BCUT2D eigenvalue weighted by atomic mass is 32.2. The van der Waals surface area contributed by atoms with Crippen LogP contribution in [0, 0.1) is 6.92 Å². The van der Waals surface area contributed by atoms with Crippen LogP contribution in [0.3, 0.4) is 0 Å². The van der Waals surface area contributed by atoms with Crippen LogP contribution in [0.15, 0.2) is 82.7 Å². The van der Waals surface area contributed by atoms with E-state index in [2.05, 4.69) is 58.1 Å². The predicted octanol–water partition coefficient (Wildman–Crippen LogP) is 5.38. The Hall–Kier alpha value is -3.71. The van der Waals surface area contributed by atoms with Crippen molar-refractivity contribution >= 4 is 34.6 Å². The van der Waals surface area contributed by atoms with Gasteiger partial charge in [0.1, 0.15) is 18.1 Å². The molecule has 2 aliphatic heterocycles. The highest BCUT2D eigenvalue weighted by Crippen LogP contribution is 2.32. The monoisotopic (exact) mass is 499 g/mol. The standard InChI is InChI=1S/C29H29N3O3S/c1-21-6-8-22(9-7-21)20-35-26-5-3-4-23(18-26)19-27-28(33)30-29(36-27)32-16-14-31(15-17-32)24-10-12-25(34-2)13-11-24/h3-13,18-19H,14-17,20H2,1-2H3/b27-19-. The number of nitrogens with zero attached hydrogens (tertiary/aromatic N) is 3. The molecular weight excluding hydrogens is 470 g/mol. The van der Waals surface area contributed by atoms with Gasteiger partial charge in [0.15, 0.2) is 5.17 Å². The Morgan fingerprint density at radius 2 is 1.64 bits per heavy atom. The molecule has 6 nitrogen and oxygen atoms in total. The van der Waals surface area contributed by atoms with Gasteiger partial charge >= 0.3 is 0 Å². The maximum absolute atomic E-state index is 12.6. The number of hydrogen-bond acceptors (Lipinski definition) is 6. The summed E-state index contributed by atoms with van der Waals surface area (Å²) in [5.74, 6) is 1.45. The largest absolute Gasteiger partial charge is 0.497 e. The first-order valence-corrected chi connectivity index (χ1v) is 12.8. The third kappa shape index (κ3) is 5.74. The number of methoxy groups -OCH3 is 1. The van der Waals surface area contributed by atoms with Gasteiger partial charge in [-0.1, -0.05) is 42.0 Å². The minimum atomic E-state index is -0.182. The minimum absolute atomic E-state index is 0.182. The van der Waals surface area contributed by atoms with Crippen molar-refractivity contribution < 1.29 is 14.3 Å². The fraction of sp³-hybridized carbons (Fsp3) is 0.241. The quantitative estimate of drug-likeness (QED) is 0.425. The van der Waals surface area contributed by atoms with Gasteiger partial charge < -0.3 is 19.3 Å². The molecule has 3 aromatic carbocycles. The molecule has 1 amide bonds. The average molecular weight is 500 g/mol. The second-order valence-electron chi connectivity index (χ2n) is 8.83. The van der Waals surface area contributed by atoms with Crippen LogP contribution >= 0.6 is 11.8 Å². The number of rotatable bonds is 6. The lowest BCUT2D eigenvalue weighted by molar-refractivity contribution is -0.113. The third-order valence-electron chi connectivity index (χ3n) is 6.28. The zero-order valence-corrected chi connectivity index (χ0v) is 21.3. The number of ether oxygens (including phenoxy) is 2. The van der Waals surface area contributed by atoms with E-state index in [1.165, 1.54) is 23.0 Å². The zero-order chi connectivity index (χ0) is 24.9. The number of thioether (sulfide) groups is 1. The molecule has 1 saturated heterocycles. The van der Waals surface area contributed by atoms with E-state index >= 15 is 0 Å². The highest BCUT2D eigenvalue weighted by molar-refractivity contribution is 8.18. The maximum Gasteiger partial charge on any atom is 0.286 e. The Labute approximate surface area is 216 Å².